The molecule has 2 aromatic rings. The predicted molar refractivity (Wildman–Crippen MR) is 104 cm³/mol. The van der Waals surface area contributed by atoms with Crippen molar-refractivity contribution in [2.24, 2.45) is 0 Å². The van der Waals surface area contributed by atoms with Crippen LogP contribution in [-0.2, 0) is 23.0 Å². The van der Waals surface area contributed by atoms with Gasteiger partial charge >= 0.3 is 5.69 Å². The lowest BCUT2D eigenvalue weighted by atomic mass is 9.99. The third-order valence-corrected chi connectivity index (χ3v) is 7.04. The fourth-order valence-corrected chi connectivity index (χ4v) is 5.35. The summed E-state index contributed by atoms with van der Waals surface area (Å²) in [7, 11) is -3.37. The molecule has 1 aromatic carbocycles. The third kappa shape index (κ3) is 5.35. The number of benzene rings is 1. The molecular formula is C18H24N3O4S2+. The summed E-state index contributed by atoms with van der Waals surface area (Å²) in [6.07, 6.45) is 3.66. The molecule has 0 bridgehead atoms. The molecule has 27 heavy (non-hydrogen) atoms. The Morgan fingerprint density at radius 1 is 1.19 bits per heavy atom. The molecule has 2 heterocycles. The minimum Gasteiger partial charge on any atom is -0.299 e. The second-order valence-corrected chi connectivity index (χ2v) is 9.22. The zero-order valence-electron chi connectivity index (χ0n) is 15.0. The van der Waals surface area contributed by atoms with Crippen molar-refractivity contribution < 1.29 is 18.5 Å². The lowest BCUT2D eigenvalue weighted by molar-refractivity contribution is -0.729. The molecule has 0 aliphatic carbocycles. The quantitative estimate of drug-likeness (QED) is 0.490. The molecule has 1 aromatic heterocycles. The highest BCUT2D eigenvalue weighted by molar-refractivity contribution is 7.89. The topological polar surface area (TPSA) is 89.7 Å². The van der Waals surface area contributed by atoms with Crippen LogP contribution in [0.15, 0.2) is 39.9 Å². The van der Waals surface area contributed by atoms with Gasteiger partial charge in [0.25, 0.3) is 4.92 Å². The maximum absolute atomic E-state index is 12.0. The molecule has 2 N–H and O–H groups in total. The Labute approximate surface area is 163 Å². The van der Waals surface area contributed by atoms with Crippen LogP contribution in [0.5, 0.6) is 0 Å². The van der Waals surface area contributed by atoms with E-state index >= 15 is 0 Å². The number of rotatable bonds is 9. The minimum absolute atomic E-state index is 0.101. The SMILES string of the molecule is O=[N+](O)c1ccc2c(c1)CN(CCCCCNS(=O)(=O)c1ccsc1)CC2. The van der Waals surface area contributed by atoms with Crippen LogP contribution in [0.2, 0.25) is 0 Å². The van der Waals surface area contributed by atoms with Crippen molar-refractivity contribution in [1.82, 2.24) is 9.62 Å². The van der Waals surface area contributed by atoms with Gasteiger partial charge in [0.15, 0.2) is 0 Å². The van der Waals surface area contributed by atoms with Gasteiger partial charge in [0, 0.05) is 37.1 Å². The molecule has 0 atom stereocenters. The van der Waals surface area contributed by atoms with E-state index in [1.54, 1.807) is 29.0 Å². The van der Waals surface area contributed by atoms with Crippen molar-refractivity contribution in [2.75, 3.05) is 19.6 Å². The Balaban J connectivity index is 1.38. The van der Waals surface area contributed by atoms with Crippen molar-refractivity contribution in [3.05, 3.63) is 51.1 Å². The first-order chi connectivity index (χ1) is 13.0. The van der Waals surface area contributed by atoms with E-state index in [4.69, 9.17) is 5.21 Å². The van der Waals surface area contributed by atoms with Gasteiger partial charge < -0.3 is 0 Å². The molecule has 0 saturated heterocycles. The number of hydrogen-bond donors (Lipinski definition) is 2. The number of nitrogens with one attached hydrogen (secondary N) is 1. The highest BCUT2D eigenvalue weighted by atomic mass is 32.2. The number of nitrogens with zero attached hydrogens (tertiary/aromatic N) is 2. The summed E-state index contributed by atoms with van der Waals surface area (Å²) in [5, 5.41) is 12.4. The van der Waals surface area contributed by atoms with Crippen molar-refractivity contribution in [3.8, 4) is 0 Å². The normalized spacial score (nSPS) is 14.8. The molecule has 0 fully saturated rings. The Kier molecular flexibility index (Phi) is 6.59. The summed E-state index contributed by atoms with van der Waals surface area (Å²) in [5.41, 5.74) is 2.56. The first-order valence-corrected chi connectivity index (χ1v) is 11.4. The van der Waals surface area contributed by atoms with Crippen LogP contribution in [-0.4, -0.2) is 43.1 Å². The van der Waals surface area contributed by atoms with Crippen molar-refractivity contribution >= 4 is 27.0 Å². The number of sulfonamides is 1. The maximum atomic E-state index is 12.0. The first-order valence-electron chi connectivity index (χ1n) is 8.98. The van der Waals surface area contributed by atoms with Crippen LogP contribution in [0.4, 0.5) is 5.69 Å². The van der Waals surface area contributed by atoms with Crippen LogP contribution in [0.25, 0.3) is 0 Å². The Bertz CT molecular complexity index is 882. The molecule has 0 amide bonds. The fraction of sp³-hybridized carbons (Fsp3) is 0.444. The number of thiophene rings is 1. The highest BCUT2D eigenvalue weighted by Crippen LogP contribution is 2.23. The van der Waals surface area contributed by atoms with Crippen molar-refractivity contribution in [2.45, 2.75) is 37.1 Å². The largest absolute Gasteiger partial charge is 0.316 e. The van der Waals surface area contributed by atoms with Gasteiger partial charge in [0.05, 0.1) is 9.80 Å². The minimum atomic E-state index is -3.37. The predicted octanol–water partition coefficient (Wildman–Crippen LogP) is 3.05. The summed E-state index contributed by atoms with van der Waals surface area (Å²) in [6.45, 7) is 3.11. The molecule has 0 radical (unpaired) electrons. The van der Waals surface area contributed by atoms with E-state index in [1.165, 1.54) is 16.9 Å². The second-order valence-electron chi connectivity index (χ2n) is 6.67. The third-order valence-electron chi connectivity index (χ3n) is 4.75. The smallest absolute Gasteiger partial charge is 0.299 e. The van der Waals surface area contributed by atoms with Gasteiger partial charge in [0.1, 0.15) is 0 Å². The van der Waals surface area contributed by atoms with E-state index < -0.39 is 10.0 Å². The Morgan fingerprint density at radius 2 is 2.04 bits per heavy atom. The summed E-state index contributed by atoms with van der Waals surface area (Å²) < 4.78 is 26.7. The fourth-order valence-electron chi connectivity index (χ4n) is 3.24. The second kappa shape index (κ2) is 8.92. The van der Waals surface area contributed by atoms with E-state index in [0.717, 1.165) is 50.9 Å². The molecule has 7 nitrogen and oxygen atoms in total. The van der Waals surface area contributed by atoms with Gasteiger partial charge in [-0.15, -0.1) is 0 Å². The number of fused-ring (bicyclic) bond motifs is 1. The molecule has 146 valence electrons. The van der Waals surface area contributed by atoms with Gasteiger partial charge in [-0.25, -0.2) is 18.3 Å². The van der Waals surface area contributed by atoms with Gasteiger partial charge in [-0.05, 0) is 48.4 Å². The molecular weight excluding hydrogens is 386 g/mol. The monoisotopic (exact) mass is 410 g/mol. The van der Waals surface area contributed by atoms with E-state index in [1.807, 2.05) is 6.07 Å². The van der Waals surface area contributed by atoms with Crippen LogP contribution >= 0.6 is 11.3 Å². The summed E-state index contributed by atoms with van der Waals surface area (Å²) >= 11 is 1.37. The van der Waals surface area contributed by atoms with Gasteiger partial charge in [-0.1, -0.05) is 12.5 Å². The van der Waals surface area contributed by atoms with E-state index in [-0.39, 0.29) is 10.6 Å². The highest BCUT2D eigenvalue weighted by Gasteiger charge is 2.20. The van der Waals surface area contributed by atoms with Crippen LogP contribution in [0.3, 0.4) is 0 Å². The van der Waals surface area contributed by atoms with Crippen molar-refractivity contribution in [3.63, 3.8) is 0 Å². The molecule has 3 rings (SSSR count). The van der Waals surface area contributed by atoms with Crippen LogP contribution < -0.4 is 4.72 Å². The molecule has 9 heteroatoms. The molecule has 0 unspecified atom stereocenters. The van der Waals surface area contributed by atoms with Gasteiger partial charge in [-0.2, -0.15) is 11.3 Å². The summed E-state index contributed by atoms with van der Waals surface area (Å²) in [4.78, 5) is 13.6. The molecule has 0 spiro atoms. The lowest BCUT2D eigenvalue weighted by Crippen LogP contribution is -2.31. The summed E-state index contributed by atoms with van der Waals surface area (Å²) in [6, 6.07) is 6.89. The average molecular weight is 411 g/mol. The lowest BCUT2D eigenvalue weighted by Gasteiger charge is -2.28. The standard InChI is InChI=1S/C18H24N3O4S2/c22-21(23)17-5-4-15-6-10-20(13-16(15)12-17)9-3-1-2-8-19-27(24,25)18-7-11-26-14-18/h4-5,7,11-12,14,19H,1-3,6,8-10,13H2,(H,22,23)/q+1. The van der Waals surface area contributed by atoms with Gasteiger partial charge in [0.2, 0.25) is 10.0 Å². The maximum Gasteiger partial charge on any atom is 0.316 e. The zero-order valence-corrected chi connectivity index (χ0v) is 16.6. The van der Waals surface area contributed by atoms with Crippen LogP contribution in [0.1, 0.15) is 30.4 Å². The molecule has 1 aliphatic rings. The number of unbranched alkanes of at least 4 members (excludes halogenated alkanes) is 2. The first kappa shape index (κ1) is 19.9. The van der Waals surface area contributed by atoms with Crippen LogP contribution in [0, 0.1) is 4.91 Å². The molecule has 0 saturated carbocycles. The van der Waals surface area contributed by atoms with Crippen molar-refractivity contribution in [1.29, 1.82) is 0 Å². The van der Waals surface area contributed by atoms with Gasteiger partial charge in [-0.3, -0.25) is 4.90 Å². The zero-order chi connectivity index (χ0) is 19.3. The van der Waals surface area contributed by atoms with E-state index in [9.17, 15) is 13.3 Å². The summed E-state index contributed by atoms with van der Waals surface area (Å²) in [5.74, 6) is 0. The van der Waals surface area contributed by atoms with E-state index in [2.05, 4.69) is 9.62 Å². The number of hydrogen-bond acceptors (Lipinski definition) is 5. The average Bonchev–Trinajstić information content (AvgIpc) is 3.19. The Hall–Kier alpha value is -1.81. The molecule has 1 aliphatic heterocycles. The van der Waals surface area contributed by atoms with E-state index in [0.29, 0.717) is 11.4 Å². The Morgan fingerprint density at radius 3 is 2.78 bits per heavy atom.